The minimum absolute atomic E-state index is 0.126. The number of hydrogen-bond acceptors (Lipinski definition) is 4. The van der Waals surface area contributed by atoms with Gasteiger partial charge in [-0.15, -0.1) is 0 Å². The zero-order chi connectivity index (χ0) is 20.0. The Labute approximate surface area is 164 Å². The van der Waals surface area contributed by atoms with Crippen molar-refractivity contribution in [1.82, 2.24) is 4.90 Å². The van der Waals surface area contributed by atoms with Crippen LogP contribution in [0.1, 0.15) is 81.8 Å². The zero-order valence-electron chi connectivity index (χ0n) is 17.6. The molecule has 0 N–H and O–H groups in total. The van der Waals surface area contributed by atoms with E-state index in [9.17, 15) is 9.59 Å². The molecule has 1 aromatic carbocycles. The van der Waals surface area contributed by atoms with Crippen LogP contribution in [0.5, 0.6) is 0 Å². The summed E-state index contributed by atoms with van der Waals surface area (Å²) >= 11 is 0. The maximum Gasteiger partial charge on any atom is 0.314 e. The average molecular weight is 374 g/mol. The number of aryl methyl sites for hydroxylation is 1. The predicted octanol–water partition coefficient (Wildman–Crippen LogP) is 4.58. The van der Waals surface area contributed by atoms with Crippen molar-refractivity contribution in [3.63, 3.8) is 0 Å². The van der Waals surface area contributed by atoms with E-state index in [-0.39, 0.29) is 12.2 Å². The molecule has 27 heavy (non-hydrogen) atoms. The molecule has 150 valence electrons. The highest BCUT2D eigenvalue weighted by Gasteiger charge is 2.28. The monoisotopic (exact) mass is 373 g/mol. The molecule has 0 radical (unpaired) electrons. The van der Waals surface area contributed by atoms with E-state index in [4.69, 9.17) is 4.74 Å². The zero-order valence-corrected chi connectivity index (χ0v) is 17.6. The van der Waals surface area contributed by atoms with Crippen molar-refractivity contribution >= 4 is 11.8 Å². The molecule has 4 nitrogen and oxygen atoms in total. The maximum absolute atomic E-state index is 12.8. The summed E-state index contributed by atoms with van der Waals surface area (Å²) in [4.78, 5) is 27.5. The first-order chi connectivity index (χ1) is 12.7. The van der Waals surface area contributed by atoms with E-state index in [2.05, 4.69) is 24.8 Å². The molecule has 0 aromatic heterocycles. The summed E-state index contributed by atoms with van der Waals surface area (Å²) in [5.74, 6) is -0.574. The summed E-state index contributed by atoms with van der Waals surface area (Å²) in [6, 6.07) is 6.42. The Morgan fingerprint density at radius 2 is 1.81 bits per heavy atom. The van der Waals surface area contributed by atoms with E-state index in [0.717, 1.165) is 50.8 Å². The third-order valence-corrected chi connectivity index (χ3v) is 5.02. The predicted molar refractivity (Wildman–Crippen MR) is 109 cm³/mol. The van der Waals surface area contributed by atoms with E-state index in [0.29, 0.717) is 11.6 Å². The van der Waals surface area contributed by atoms with Crippen LogP contribution in [0.2, 0.25) is 0 Å². The van der Waals surface area contributed by atoms with Crippen LogP contribution < -0.4 is 0 Å². The Bertz CT molecular complexity index is 654. The van der Waals surface area contributed by atoms with Gasteiger partial charge in [0.05, 0.1) is 0 Å². The van der Waals surface area contributed by atoms with Gasteiger partial charge in [-0.05, 0) is 77.1 Å². The molecule has 0 fully saturated rings. The van der Waals surface area contributed by atoms with Crippen LogP contribution in [0, 0.1) is 0 Å². The Morgan fingerprint density at radius 1 is 1.15 bits per heavy atom. The number of hydrogen-bond donors (Lipinski definition) is 0. The number of esters is 1. The van der Waals surface area contributed by atoms with Gasteiger partial charge in [0.15, 0.2) is 5.78 Å². The molecule has 1 atom stereocenters. The second-order valence-corrected chi connectivity index (χ2v) is 8.56. The highest BCUT2D eigenvalue weighted by Crippen LogP contribution is 2.28. The topological polar surface area (TPSA) is 46.6 Å². The Hall–Kier alpha value is -1.68. The first-order valence-electron chi connectivity index (χ1n) is 10.3. The normalized spacial score (nSPS) is 16.9. The van der Waals surface area contributed by atoms with E-state index in [1.165, 1.54) is 5.56 Å². The van der Waals surface area contributed by atoms with Gasteiger partial charge in [-0.25, -0.2) is 0 Å². The maximum atomic E-state index is 12.8. The van der Waals surface area contributed by atoms with Crippen molar-refractivity contribution in [3.05, 3.63) is 34.9 Å². The smallest absolute Gasteiger partial charge is 0.314 e. The van der Waals surface area contributed by atoms with Gasteiger partial charge in [-0.1, -0.05) is 32.0 Å². The molecule has 0 amide bonds. The van der Waals surface area contributed by atoms with Crippen molar-refractivity contribution in [2.24, 2.45) is 0 Å². The molecule has 1 aromatic rings. The first kappa shape index (κ1) is 21.6. The molecule has 2 rings (SSSR count). The molecule has 1 unspecified atom stereocenters. The number of carbonyl (C=O) groups excluding carboxylic acids is 2. The van der Waals surface area contributed by atoms with E-state index in [1.807, 2.05) is 32.9 Å². The van der Waals surface area contributed by atoms with Gasteiger partial charge in [-0.3, -0.25) is 9.59 Å². The van der Waals surface area contributed by atoms with Crippen LogP contribution in [0.4, 0.5) is 0 Å². The van der Waals surface area contributed by atoms with Gasteiger partial charge in [0.2, 0.25) is 0 Å². The largest absolute Gasteiger partial charge is 0.460 e. The number of benzene rings is 1. The molecular formula is C23H35NO3. The highest BCUT2D eigenvalue weighted by atomic mass is 16.6. The van der Waals surface area contributed by atoms with Crippen molar-refractivity contribution in [1.29, 1.82) is 0 Å². The van der Waals surface area contributed by atoms with Gasteiger partial charge in [0, 0.05) is 11.6 Å². The SMILES string of the molecule is CCCN(CCC)C1CCc2cccc(C(=O)CC(=O)OC(C)(C)C)c2C1. The fourth-order valence-corrected chi connectivity index (χ4v) is 4.00. The number of Topliss-reactive ketones (excluding diaryl/α,β-unsaturated/α-hetero) is 1. The number of carbonyl (C=O) groups is 2. The van der Waals surface area contributed by atoms with E-state index < -0.39 is 11.6 Å². The standard InChI is InChI=1S/C23H35NO3/c1-6-13-24(14-7-2)18-12-11-17-9-8-10-19(20(17)15-18)21(25)16-22(26)27-23(3,4)5/h8-10,18H,6-7,11-16H2,1-5H3. The van der Waals surface area contributed by atoms with Gasteiger partial charge >= 0.3 is 5.97 Å². The average Bonchev–Trinajstić information content (AvgIpc) is 2.58. The quantitative estimate of drug-likeness (QED) is 0.380. The Kier molecular flexibility index (Phi) is 7.60. The Morgan fingerprint density at radius 3 is 2.41 bits per heavy atom. The molecule has 1 aliphatic rings. The third-order valence-electron chi connectivity index (χ3n) is 5.02. The van der Waals surface area contributed by atoms with E-state index in [1.54, 1.807) is 0 Å². The molecule has 1 aliphatic carbocycles. The van der Waals surface area contributed by atoms with Crippen molar-refractivity contribution < 1.29 is 14.3 Å². The summed E-state index contributed by atoms with van der Waals surface area (Å²) in [5, 5.41) is 0. The lowest BCUT2D eigenvalue weighted by Gasteiger charge is -2.35. The molecule has 0 aliphatic heterocycles. The number of rotatable bonds is 8. The summed E-state index contributed by atoms with van der Waals surface area (Å²) in [6.07, 6.45) is 5.12. The Balaban J connectivity index is 2.17. The van der Waals surface area contributed by atoms with Crippen LogP contribution in [0.25, 0.3) is 0 Å². The summed E-state index contributed by atoms with van der Waals surface area (Å²) in [5.41, 5.74) is 2.53. The fourth-order valence-electron chi connectivity index (χ4n) is 4.00. The van der Waals surface area contributed by atoms with Crippen molar-refractivity contribution in [3.8, 4) is 0 Å². The minimum Gasteiger partial charge on any atom is -0.460 e. The highest BCUT2D eigenvalue weighted by molar-refractivity contribution is 6.07. The minimum atomic E-state index is -0.570. The first-order valence-corrected chi connectivity index (χ1v) is 10.3. The van der Waals surface area contributed by atoms with Gasteiger partial charge in [0.25, 0.3) is 0 Å². The molecule has 0 saturated heterocycles. The number of ketones is 1. The molecule has 4 heteroatoms. The van der Waals surface area contributed by atoms with Crippen LogP contribution in [-0.4, -0.2) is 41.4 Å². The lowest BCUT2D eigenvalue weighted by Crippen LogP contribution is -2.40. The molecular weight excluding hydrogens is 338 g/mol. The lowest BCUT2D eigenvalue weighted by molar-refractivity contribution is -0.153. The number of nitrogens with zero attached hydrogens (tertiary/aromatic N) is 1. The molecule has 0 saturated carbocycles. The molecule has 0 bridgehead atoms. The number of ether oxygens (including phenoxy) is 1. The summed E-state index contributed by atoms with van der Waals surface area (Å²) in [7, 11) is 0. The summed E-state index contributed by atoms with van der Waals surface area (Å²) < 4.78 is 5.33. The van der Waals surface area contributed by atoms with Gasteiger partial charge < -0.3 is 9.64 Å². The van der Waals surface area contributed by atoms with Crippen LogP contribution in [0.15, 0.2) is 18.2 Å². The number of fused-ring (bicyclic) bond motifs is 1. The summed E-state index contributed by atoms with van der Waals surface area (Å²) in [6.45, 7) is 12.1. The van der Waals surface area contributed by atoms with Crippen LogP contribution >= 0.6 is 0 Å². The van der Waals surface area contributed by atoms with Gasteiger partial charge in [0.1, 0.15) is 12.0 Å². The lowest BCUT2D eigenvalue weighted by atomic mass is 9.83. The van der Waals surface area contributed by atoms with Gasteiger partial charge in [-0.2, -0.15) is 0 Å². The third kappa shape index (κ3) is 6.17. The van der Waals surface area contributed by atoms with Crippen LogP contribution in [-0.2, 0) is 22.4 Å². The van der Waals surface area contributed by atoms with Crippen molar-refractivity contribution in [2.75, 3.05) is 13.1 Å². The van der Waals surface area contributed by atoms with Crippen LogP contribution in [0.3, 0.4) is 0 Å². The fraction of sp³-hybridized carbons (Fsp3) is 0.652. The second kappa shape index (κ2) is 9.50. The van der Waals surface area contributed by atoms with Crippen molar-refractivity contribution in [2.45, 2.75) is 84.8 Å². The molecule has 0 spiro atoms. The molecule has 0 heterocycles. The van der Waals surface area contributed by atoms with E-state index >= 15 is 0 Å². The second-order valence-electron chi connectivity index (χ2n) is 8.56.